The number of aromatic nitrogens is 2. The number of hydrogen-bond acceptors (Lipinski definition) is 12. The van der Waals surface area contributed by atoms with Crippen LogP contribution in [0.25, 0.3) is 0 Å². The predicted molar refractivity (Wildman–Crippen MR) is 91.3 cm³/mol. The van der Waals surface area contributed by atoms with Crippen molar-refractivity contribution in [2.24, 2.45) is 0 Å². The van der Waals surface area contributed by atoms with Gasteiger partial charge < -0.3 is 39.9 Å². The molecule has 0 amide bonds. The van der Waals surface area contributed by atoms with Gasteiger partial charge in [-0.1, -0.05) is 0 Å². The fraction of sp³-hybridized carbons (Fsp3) is 0.600. The molecule has 3 rings (SSSR count). The number of phosphoric ester groups is 1. The molecule has 3 heterocycles. The molecule has 2 fully saturated rings. The lowest BCUT2D eigenvalue weighted by Gasteiger charge is -2.31. The quantitative estimate of drug-likeness (QED) is 0.217. The van der Waals surface area contributed by atoms with E-state index in [1.54, 1.807) is 0 Å². The van der Waals surface area contributed by atoms with Crippen LogP contribution in [0.1, 0.15) is 6.23 Å². The van der Waals surface area contributed by atoms with E-state index in [9.17, 15) is 28.5 Å². The van der Waals surface area contributed by atoms with E-state index in [0.29, 0.717) is 0 Å². The molecular formula is C10H16N3O14P3. The maximum Gasteiger partial charge on any atom is 0.490 e. The van der Waals surface area contributed by atoms with Crippen LogP contribution in [0.15, 0.2) is 17.1 Å². The van der Waals surface area contributed by atoms with Gasteiger partial charge in [0.05, 0.1) is 13.2 Å². The van der Waals surface area contributed by atoms with Crippen LogP contribution in [-0.2, 0) is 36.3 Å². The SMILES string of the molecule is Nc1ccn([C@@H]2O[C@@]3(COP(=O)(O)OP(=O)(O)OP(=O)(O)O)CO[C@@H]2[C@@H]3O)c(=O)n1. The lowest BCUT2D eigenvalue weighted by molar-refractivity contribution is -0.186. The number of aliphatic hydroxyl groups is 1. The van der Waals surface area contributed by atoms with Gasteiger partial charge in [0.25, 0.3) is 0 Å². The van der Waals surface area contributed by atoms with E-state index in [1.807, 2.05) is 0 Å². The second-order valence-electron chi connectivity index (χ2n) is 6.20. The third-order valence-corrected chi connectivity index (χ3v) is 7.80. The van der Waals surface area contributed by atoms with Crippen LogP contribution in [0.4, 0.5) is 5.82 Å². The van der Waals surface area contributed by atoms with Crippen molar-refractivity contribution in [3.8, 4) is 0 Å². The molecule has 2 bridgehead atoms. The van der Waals surface area contributed by atoms with E-state index in [1.165, 1.54) is 12.3 Å². The van der Waals surface area contributed by atoms with Gasteiger partial charge in [0.15, 0.2) is 6.23 Å². The molecule has 0 spiro atoms. The Hall–Kier alpha value is -1.03. The molecule has 0 saturated carbocycles. The minimum atomic E-state index is -5.70. The zero-order valence-electron chi connectivity index (χ0n) is 14.5. The summed E-state index contributed by atoms with van der Waals surface area (Å²) >= 11 is 0. The van der Waals surface area contributed by atoms with Crippen LogP contribution >= 0.6 is 23.5 Å². The fourth-order valence-electron chi connectivity index (χ4n) is 2.85. The highest BCUT2D eigenvalue weighted by atomic mass is 31.3. The third kappa shape index (κ3) is 5.06. The number of nitrogens with two attached hydrogens (primary N) is 1. The van der Waals surface area contributed by atoms with Gasteiger partial charge in [-0.15, -0.1) is 0 Å². The summed E-state index contributed by atoms with van der Waals surface area (Å²) in [4.78, 5) is 51.2. The van der Waals surface area contributed by atoms with Crippen molar-refractivity contribution in [3.63, 3.8) is 0 Å². The lowest BCUT2D eigenvalue weighted by Crippen LogP contribution is -2.45. The van der Waals surface area contributed by atoms with E-state index >= 15 is 0 Å². The second-order valence-corrected chi connectivity index (χ2v) is 10.6. The zero-order valence-corrected chi connectivity index (χ0v) is 17.2. The third-order valence-electron chi connectivity index (χ3n) is 4.02. The molecule has 1 aromatic heterocycles. The van der Waals surface area contributed by atoms with Crippen molar-refractivity contribution in [2.75, 3.05) is 18.9 Å². The first kappa shape index (κ1) is 23.6. The lowest BCUT2D eigenvalue weighted by atomic mass is 10.0. The van der Waals surface area contributed by atoms with Crippen molar-refractivity contribution in [1.29, 1.82) is 0 Å². The molecule has 170 valence electrons. The van der Waals surface area contributed by atoms with Crippen molar-refractivity contribution < 1.29 is 61.0 Å². The summed E-state index contributed by atoms with van der Waals surface area (Å²) in [5, 5.41) is 10.4. The summed E-state index contributed by atoms with van der Waals surface area (Å²) in [7, 11) is -16.7. The van der Waals surface area contributed by atoms with Crippen LogP contribution in [0.3, 0.4) is 0 Å². The summed E-state index contributed by atoms with van der Waals surface area (Å²) in [6.07, 6.45) is -2.56. The molecule has 7 N–H and O–H groups in total. The maximum atomic E-state index is 12.0. The summed E-state index contributed by atoms with van der Waals surface area (Å²) in [6, 6.07) is 1.28. The number of phosphoric acid groups is 3. The molecule has 1 aromatic rings. The number of rotatable bonds is 8. The minimum Gasteiger partial charge on any atom is -0.387 e. The van der Waals surface area contributed by atoms with Crippen molar-refractivity contribution in [1.82, 2.24) is 9.55 Å². The van der Waals surface area contributed by atoms with E-state index in [-0.39, 0.29) is 12.4 Å². The Morgan fingerprint density at radius 2 is 1.90 bits per heavy atom. The van der Waals surface area contributed by atoms with Gasteiger partial charge in [0.2, 0.25) is 0 Å². The van der Waals surface area contributed by atoms with Gasteiger partial charge in [-0.25, -0.2) is 18.5 Å². The Morgan fingerprint density at radius 3 is 2.50 bits per heavy atom. The Labute approximate surface area is 166 Å². The number of anilines is 1. The van der Waals surface area contributed by atoms with Gasteiger partial charge in [-0.3, -0.25) is 9.09 Å². The van der Waals surface area contributed by atoms with Gasteiger partial charge in [-0.05, 0) is 6.07 Å². The molecular weight excluding hydrogens is 479 g/mol. The zero-order chi connectivity index (χ0) is 22.5. The number of fused-ring (bicyclic) bond motifs is 2. The topological polar surface area (TPSA) is 259 Å². The second kappa shape index (κ2) is 7.83. The molecule has 6 atom stereocenters. The van der Waals surface area contributed by atoms with Gasteiger partial charge in [0.1, 0.15) is 23.6 Å². The molecule has 20 heteroatoms. The summed E-state index contributed by atoms with van der Waals surface area (Å²) in [5.41, 5.74) is 2.78. The number of nitrogen functional groups attached to an aromatic ring is 1. The van der Waals surface area contributed by atoms with Crippen LogP contribution in [-0.4, -0.2) is 65.3 Å². The average Bonchev–Trinajstić information content (AvgIpc) is 3.00. The molecule has 17 nitrogen and oxygen atoms in total. The Balaban J connectivity index is 1.72. The van der Waals surface area contributed by atoms with Crippen molar-refractivity contribution in [3.05, 3.63) is 22.7 Å². The fourth-order valence-corrected chi connectivity index (χ4v) is 5.93. The minimum absolute atomic E-state index is 0.0664. The van der Waals surface area contributed by atoms with Gasteiger partial charge >= 0.3 is 29.2 Å². The number of aliphatic hydroxyl groups excluding tert-OH is 1. The van der Waals surface area contributed by atoms with Crippen LogP contribution in [0.2, 0.25) is 0 Å². The first-order valence-corrected chi connectivity index (χ1v) is 12.3. The first-order chi connectivity index (χ1) is 13.6. The van der Waals surface area contributed by atoms with Crippen LogP contribution < -0.4 is 11.4 Å². The van der Waals surface area contributed by atoms with Crippen LogP contribution in [0, 0.1) is 0 Å². The molecule has 2 unspecified atom stereocenters. The molecule has 0 radical (unpaired) electrons. The van der Waals surface area contributed by atoms with Gasteiger partial charge in [0, 0.05) is 6.20 Å². The highest BCUT2D eigenvalue weighted by Crippen LogP contribution is 2.66. The molecule has 0 aliphatic carbocycles. The largest absolute Gasteiger partial charge is 0.490 e. The molecule has 2 aliphatic heterocycles. The Bertz CT molecular complexity index is 1020. The normalized spacial score (nSPS) is 32.6. The highest BCUT2D eigenvalue weighted by molar-refractivity contribution is 7.66. The van der Waals surface area contributed by atoms with E-state index in [4.69, 9.17) is 29.9 Å². The first-order valence-electron chi connectivity index (χ1n) is 7.74. The number of hydrogen-bond donors (Lipinski definition) is 6. The van der Waals surface area contributed by atoms with E-state index < -0.39 is 59.8 Å². The van der Waals surface area contributed by atoms with Crippen LogP contribution in [0.5, 0.6) is 0 Å². The van der Waals surface area contributed by atoms with E-state index in [2.05, 4.69) is 18.1 Å². The summed E-state index contributed by atoms with van der Waals surface area (Å²) in [6.45, 7) is -1.30. The predicted octanol–water partition coefficient (Wildman–Crippen LogP) is -1.80. The maximum absolute atomic E-state index is 12.0. The molecule has 2 aliphatic rings. The summed E-state index contributed by atoms with van der Waals surface area (Å²) < 4.78 is 57.5. The van der Waals surface area contributed by atoms with E-state index in [0.717, 1.165) is 4.57 Å². The standard InChI is InChI=1S/C10H16N3O14P3/c11-5-1-2-13(9(15)12-5)8-6-7(14)10(25-8,3-23-6)4-24-29(19,20)27-30(21,22)26-28(16,17)18/h1-2,6-8,14H,3-4H2,(H,19,20)(H,21,22)(H2,11,12,15)(H2,16,17,18)/t6-,7+,8-,10-/m1/s1. The average molecular weight is 495 g/mol. The molecule has 30 heavy (non-hydrogen) atoms. The highest BCUT2D eigenvalue weighted by Gasteiger charge is 2.63. The molecule has 0 aromatic carbocycles. The number of nitrogens with zero attached hydrogens (tertiary/aromatic N) is 2. The Kier molecular flexibility index (Phi) is 6.17. The summed E-state index contributed by atoms with van der Waals surface area (Å²) in [5.74, 6) is -0.0664. The molecule has 2 saturated heterocycles. The van der Waals surface area contributed by atoms with Crippen molar-refractivity contribution in [2.45, 2.75) is 24.0 Å². The van der Waals surface area contributed by atoms with Crippen molar-refractivity contribution >= 4 is 29.3 Å². The monoisotopic (exact) mass is 495 g/mol. The number of ether oxygens (including phenoxy) is 2. The Morgan fingerprint density at radius 1 is 1.23 bits per heavy atom. The van der Waals surface area contributed by atoms with Gasteiger partial charge in [-0.2, -0.15) is 13.6 Å². The smallest absolute Gasteiger partial charge is 0.387 e.